The molecule has 1 aliphatic heterocycles. The van der Waals surface area contributed by atoms with Crippen molar-refractivity contribution in [3.05, 3.63) is 16.1 Å². The second-order valence-electron chi connectivity index (χ2n) is 7.06. The average molecular weight is 334 g/mol. The van der Waals surface area contributed by atoms with E-state index in [9.17, 15) is 0 Å². The van der Waals surface area contributed by atoms with Crippen LogP contribution in [0.25, 0.3) is 0 Å². The van der Waals surface area contributed by atoms with Crippen molar-refractivity contribution in [2.24, 2.45) is 16.3 Å². The number of ether oxygens (including phenoxy) is 1. The van der Waals surface area contributed by atoms with Gasteiger partial charge < -0.3 is 15.4 Å². The molecule has 6 heteroatoms. The molecule has 126 valence electrons. The smallest absolute Gasteiger partial charge is 0.191 e. The normalized spacial score (nSPS) is 31.4. The molecule has 0 amide bonds. The zero-order valence-corrected chi connectivity index (χ0v) is 14.8. The highest BCUT2D eigenvalue weighted by molar-refractivity contribution is 7.09. The molecule has 2 heterocycles. The fourth-order valence-corrected chi connectivity index (χ4v) is 5.28. The number of aromatic nitrogens is 1. The van der Waals surface area contributed by atoms with Gasteiger partial charge in [-0.3, -0.25) is 4.99 Å². The van der Waals surface area contributed by atoms with Crippen molar-refractivity contribution in [2.45, 2.75) is 51.2 Å². The van der Waals surface area contributed by atoms with Crippen molar-refractivity contribution in [1.82, 2.24) is 15.6 Å². The van der Waals surface area contributed by atoms with Crippen LogP contribution in [0.3, 0.4) is 0 Å². The van der Waals surface area contributed by atoms with Gasteiger partial charge in [-0.2, -0.15) is 0 Å². The maximum absolute atomic E-state index is 5.99. The fraction of sp³-hybridized carbons (Fsp3) is 0.765. The van der Waals surface area contributed by atoms with Gasteiger partial charge in [-0.25, -0.2) is 4.98 Å². The molecule has 4 rings (SSSR count). The summed E-state index contributed by atoms with van der Waals surface area (Å²) < 4.78 is 5.99. The standard InChI is InChI=1S/C17H26N4OS/c1-11-20-12(10-23-11)4-8-19-16(18-2)21-14-13-5-9-22-15(13)17(14)6-3-7-17/h10,13-15H,3-9H2,1-2H3,(H2,18,19,21). The van der Waals surface area contributed by atoms with Gasteiger partial charge in [-0.05, 0) is 26.2 Å². The molecule has 2 saturated carbocycles. The zero-order valence-electron chi connectivity index (χ0n) is 14.0. The SMILES string of the molecule is CN=C(NCCc1csc(C)n1)NC1C2CCOC2C12CCC2. The van der Waals surface area contributed by atoms with Crippen LogP contribution < -0.4 is 10.6 Å². The Kier molecular flexibility index (Phi) is 4.05. The van der Waals surface area contributed by atoms with Crippen LogP contribution >= 0.6 is 11.3 Å². The summed E-state index contributed by atoms with van der Waals surface area (Å²) in [6.45, 7) is 3.86. The Balaban J connectivity index is 1.32. The van der Waals surface area contributed by atoms with Crippen molar-refractivity contribution >= 4 is 17.3 Å². The van der Waals surface area contributed by atoms with Gasteiger partial charge >= 0.3 is 0 Å². The first-order chi connectivity index (χ1) is 11.2. The molecule has 5 nitrogen and oxygen atoms in total. The molecule has 3 unspecified atom stereocenters. The number of nitrogens with zero attached hydrogens (tertiary/aromatic N) is 2. The quantitative estimate of drug-likeness (QED) is 0.654. The third-order valence-electron chi connectivity index (χ3n) is 5.89. The Morgan fingerprint density at radius 2 is 2.39 bits per heavy atom. The molecule has 0 aromatic carbocycles. The molecule has 1 spiro atoms. The summed E-state index contributed by atoms with van der Waals surface area (Å²) in [5, 5.41) is 10.4. The lowest BCUT2D eigenvalue weighted by molar-refractivity contribution is -0.171. The lowest BCUT2D eigenvalue weighted by Crippen LogP contribution is -2.72. The number of fused-ring (bicyclic) bond motifs is 2. The van der Waals surface area contributed by atoms with Crippen molar-refractivity contribution in [1.29, 1.82) is 0 Å². The van der Waals surface area contributed by atoms with Gasteiger partial charge in [0.15, 0.2) is 5.96 Å². The van der Waals surface area contributed by atoms with Crippen LogP contribution in [-0.2, 0) is 11.2 Å². The minimum Gasteiger partial charge on any atom is -0.377 e. The van der Waals surface area contributed by atoms with E-state index in [1.165, 1.54) is 31.4 Å². The van der Waals surface area contributed by atoms with Gasteiger partial charge in [-0.15, -0.1) is 11.3 Å². The van der Waals surface area contributed by atoms with Crippen LogP contribution in [-0.4, -0.2) is 43.3 Å². The third-order valence-corrected chi connectivity index (χ3v) is 6.71. The van der Waals surface area contributed by atoms with Crippen molar-refractivity contribution < 1.29 is 4.74 Å². The monoisotopic (exact) mass is 334 g/mol. The number of rotatable bonds is 4. The summed E-state index contributed by atoms with van der Waals surface area (Å²) in [6.07, 6.45) is 6.60. The molecule has 2 N–H and O–H groups in total. The Labute approximate surface area is 141 Å². The van der Waals surface area contributed by atoms with Crippen LogP contribution in [0.2, 0.25) is 0 Å². The average Bonchev–Trinajstić information content (AvgIpc) is 3.09. The van der Waals surface area contributed by atoms with Crippen LogP contribution in [0.15, 0.2) is 10.4 Å². The lowest BCUT2D eigenvalue weighted by atomic mass is 9.46. The van der Waals surface area contributed by atoms with Crippen molar-refractivity contribution in [3.8, 4) is 0 Å². The summed E-state index contributed by atoms with van der Waals surface area (Å²) in [7, 11) is 1.86. The summed E-state index contributed by atoms with van der Waals surface area (Å²) in [5.41, 5.74) is 1.56. The Morgan fingerprint density at radius 3 is 3.04 bits per heavy atom. The number of nitrogens with one attached hydrogen (secondary N) is 2. The van der Waals surface area contributed by atoms with E-state index in [4.69, 9.17) is 4.74 Å². The van der Waals surface area contributed by atoms with Gasteiger partial charge in [0.2, 0.25) is 0 Å². The van der Waals surface area contributed by atoms with E-state index in [1.54, 1.807) is 11.3 Å². The Bertz CT molecular complexity index is 595. The molecule has 1 saturated heterocycles. The first-order valence-corrected chi connectivity index (χ1v) is 9.61. The van der Waals surface area contributed by atoms with Gasteiger partial charge in [0.05, 0.1) is 16.8 Å². The zero-order chi connectivity index (χ0) is 15.9. The molecular weight excluding hydrogens is 308 g/mol. The molecule has 3 aliphatic rings. The number of aryl methyl sites for hydroxylation is 1. The van der Waals surface area contributed by atoms with Gasteiger partial charge in [-0.1, -0.05) is 6.42 Å². The molecule has 1 aromatic heterocycles. The predicted molar refractivity (Wildman–Crippen MR) is 93.0 cm³/mol. The number of aliphatic imine (C=N–C) groups is 1. The maximum atomic E-state index is 5.99. The van der Waals surface area contributed by atoms with Gasteiger partial charge in [0.1, 0.15) is 0 Å². The second-order valence-corrected chi connectivity index (χ2v) is 8.12. The number of guanidine groups is 1. The van der Waals surface area contributed by atoms with E-state index in [2.05, 4.69) is 32.9 Å². The molecule has 0 bridgehead atoms. The fourth-order valence-electron chi connectivity index (χ4n) is 4.63. The summed E-state index contributed by atoms with van der Waals surface area (Å²) in [5.74, 6) is 1.61. The van der Waals surface area contributed by atoms with Crippen molar-refractivity contribution in [3.63, 3.8) is 0 Å². The number of hydrogen-bond acceptors (Lipinski definition) is 4. The van der Waals surface area contributed by atoms with Gasteiger partial charge in [0.25, 0.3) is 0 Å². The van der Waals surface area contributed by atoms with Crippen molar-refractivity contribution in [2.75, 3.05) is 20.2 Å². The molecule has 23 heavy (non-hydrogen) atoms. The first kappa shape index (κ1) is 15.4. The minimum absolute atomic E-state index is 0.394. The van der Waals surface area contributed by atoms with E-state index >= 15 is 0 Å². The van der Waals surface area contributed by atoms with Crippen LogP contribution in [0.4, 0.5) is 0 Å². The van der Waals surface area contributed by atoms with E-state index < -0.39 is 0 Å². The van der Waals surface area contributed by atoms with E-state index in [-0.39, 0.29) is 0 Å². The molecule has 1 aromatic rings. The molecule has 3 atom stereocenters. The molecule has 2 aliphatic carbocycles. The van der Waals surface area contributed by atoms with Gasteiger partial charge in [0, 0.05) is 49.4 Å². The first-order valence-electron chi connectivity index (χ1n) is 8.73. The summed E-state index contributed by atoms with van der Waals surface area (Å²) in [4.78, 5) is 8.93. The van der Waals surface area contributed by atoms with E-state index in [0.717, 1.165) is 30.5 Å². The maximum Gasteiger partial charge on any atom is 0.191 e. The third kappa shape index (κ3) is 2.56. The van der Waals surface area contributed by atoms with Crippen LogP contribution in [0, 0.1) is 18.3 Å². The Hall–Kier alpha value is -1.14. The molecule has 0 radical (unpaired) electrons. The molecular formula is C17H26N4OS. The number of thiazole rings is 1. The van der Waals surface area contributed by atoms with E-state index in [1.807, 2.05) is 7.05 Å². The van der Waals surface area contributed by atoms with Crippen LogP contribution in [0.5, 0.6) is 0 Å². The number of hydrogen-bond donors (Lipinski definition) is 2. The highest BCUT2D eigenvalue weighted by Crippen LogP contribution is 2.62. The highest BCUT2D eigenvalue weighted by atomic mass is 32.1. The highest BCUT2D eigenvalue weighted by Gasteiger charge is 2.66. The lowest BCUT2D eigenvalue weighted by Gasteiger charge is -2.63. The largest absolute Gasteiger partial charge is 0.377 e. The second kappa shape index (κ2) is 6.06. The topological polar surface area (TPSA) is 58.5 Å². The van der Waals surface area contributed by atoms with Crippen LogP contribution in [0.1, 0.15) is 36.4 Å². The summed E-state index contributed by atoms with van der Waals surface area (Å²) >= 11 is 1.71. The minimum atomic E-state index is 0.394. The Morgan fingerprint density at radius 1 is 1.52 bits per heavy atom. The molecule has 3 fully saturated rings. The van der Waals surface area contributed by atoms with E-state index in [0.29, 0.717) is 23.5 Å². The summed E-state index contributed by atoms with van der Waals surface area (Å²) in [6, 6.07) is 0.538. The predicted octanol–water partition coefficient (Wildman–Crippen LogP) is 2.12.